The van der Waals surface area contributed by atoms with E-state index in [1.54, 1.807) is 13.8 Å². The van der Waals surface area contributed by atoms with Crippen LogP contribution < -0.4 is 25.8 Å². The van der Waals surface area contributed by atoms with Gasteiger partial charge in [0.1, 0.15) is 11.7 Å². The lowest BCUT2D eigenvalue weighted by Gasteiger charge is -2.28. The summed E-state index contributed by atoms with van der Waals surface area (Å²) in [7, 11) is 1.40. The number of carbonyl (C=O) groups excluding carboxylic acids is 2. The van der Waals surface area contributed by atoms with Crippen LogP contribution in [0.5, 0.6) is 11.5 Å². The second kappa shape index (κ2) is 12.0. The van der Waals surface area contributed by atoms with Crippen LogP contribution in [0.3, 0.4) is 0 Å². The van der Waals surface area contributed by atoms with Gasteiger partial charge in [-0.1, -0.05) is 11.6 Å². The number of primary amides is 1. The zero-order chi connectivity index (χ0) is 30.8. The molecule has 3 amide bonds. The van der Waals surface area contributed by atoms with Gasteiger partial charge in [-0.15, -0.1) is 0 Å². The highest BCUT2D eigenvalue weighted by atomic mass is 35.5. The molecule has 3 aromatic rings. The first-order chi connectivity index (χ1) is 19.7. The van der Waals surface area contributed by atoms with E-state index in [9.17, 15) is 27.2 Å². The summed E-state index contributed by atoms with van der Waals surface area (Å²) in [6, 6.07) is 9.72. The number of aromatic nitrogens is 1. The van der Waals surface area contributed by atoms with E-state index in [-0.39, 0.29) is 39.3 Å². The van der Waals surface area contributed by atoms with E-state index in [1.807, 2.05) is 0 Å². The van der Waals surface area contributed by atoms with Crippen molar-refractivity contribution in [1.82, 2.24) is 15.6 Å². The SMILES string of the molecule is COc1cc(C(=O)NCC(c2cc(C(C)(C)NC(N)=O)cc(-c3ccc(F)c(Cl)c3)n2)C(F)(F)F)ccc1OC1CC1. The van der Waals surface area contributed by atoms with Crippen molar-refractivity contribution in [2.24, 2.45) is 5.73 Å². The minimum atomic E-state index is -4.84. The molecule has 0 aliphatic heterocycles. The molecule has 4 N–H and O–H groups in total. The highest BCUT2D eigenvalue weighted by Gasteiger charge is 2.43. The van der Waals surface area contributed by atoms with Crippen molar-refractivity contribution in [3.05, 3.63) is 76.2 Å². The van der Waals surface area contributed by atoms with Crippen molar-refractivity contribution in [3.8, 4) is 22.8 Å². The highest BCUT2D eigenvalue weighted by molar-refractivity contribution is 6.31. The number of benzene rings is 2. The van der Waals surface area contributed by atoms with Gasteiger partial charge in [-0.2, -0.15) is 13.2 Å². The molecule has 1 aromatic heterocycles. The van der Waals surface area contributed by atoms with Gasteiger partial charge in [0.15, 0.2) is 11.5 Å². The van der Waals surface area contributed by atoms with Crippen LogP contribution in [0, 0.1) is 5.82 Å². The van der Waals surface area contributed by atoms with Crippen LogP contribution in [0.15, 0.2) is 48.5 Å². The summed E-state index contributed by atoms with van der Waals surface area (Å²) >= 11 is 5.92. The molecule has 13 heteroatoms. The summed E-state index contributed by atoms with van der Waals surface area (Å²) in [6.07, 6.45) is -2.94. The molecular weight excluding hydrogens is 580 g/mol. The van der Waals surface area contributed by atoms with Gasteiger partial charge < -0.3 is 25.8 Å². The van der Waals surface area contributed by atoms with Crippen molar-refractivity contribution in [3.63, 3.8) is 0 Å². The van der Waals surface area contributed by atoms with E-state index in [0.717, 1.165) is 18.9 Å². The number of ether oxygens (including phenoxy) is 2. The topological polar surface area (TPSA) is 116 Å². The van der Waals surface area contributed by atoms with E-state index < -0.39 is 47.6 Å². The molecule has 0 spiro atoms. The van der Waals surface area contributed by atoms with E-state index in [4.69, 9.17) is 26.8 Å². The summed E-state index contributed by atoms with van der Waals surface area (Å²) < 4.78 is 68.2. The van der Waals surface area contributed by atoms with Crippen LogP contribution in [0.4, 0.5) is 22.4 Å². The first-order valence-electron chi connectivity index (χ1n) is 12.9. The molecule has 4 rings (SSSR count). The molecular formula is C29H29ClF4N4O4. The standard InChI is InChI=1S/C29H29ClF4N4O4/c1-28(2,38-27(35)40)17-12-22(15-4-8-21(31)20(30)10-15)37-23(13-17)19(29(32,33)34)14-36-26(39)16-5-9-24(25(11-16)41-3)42-18-6-7-18/h4-5,8-13,18-19H,6-7,14H2,1-3H3,(H,36,39)(H3,35,38,40). The average molecular weight is 609 g/mol. The lowest BCUT2D eigenvalue weighted by Crippen LogP contribution is -2.44. The number of alkyl halides is 3. The maximum absolute atomic E-state index is 14.5. The van der Waals surface area contributed by atoms with Gasteiger partial charge in [0.2, 0.25) is 0 Å². The average Bonchev–Trinajstić information content (AvgIpc) is 3.73. The number of carbonyl (C=O) groups is 2. The largest absolute Gasteiger partial charge is 0.493 e. The van der Waals surface area contributed by atoms with Crippen LogP contribution in [0.25, 0.3) is 11.3 Å². The summed E-state index contributed by atoms with van der Waals surface area (Å²) in [5, 5.41) is 4.58. The molecule has 2 aromatic carbocycles. The minimum absolute atomic E-state index is 0.0420. The second-order valence-electron chi connectivity index (χ2n) is 10.4. The number of methoxy groups -OCH3 is 1. The van der Waals surface area contributed by atoms with Gasteiger partial charge in [-0.05, 0) is 80.8 Å². The van der Waals surface area contributed by atoms with Gasteiger partial charge >= 0.3 is 12.2 Å². The summed E-state index contributed by atoms with van der Waals surface area (Å²) in [6.45, 7) is 2.24. The normalized spacial score (nSPS) is 14.2. The Morgan fingerprint density at radius 3 is 2.40 bits per heavy atom. The first kappa shape index (κ1) is 30.9. The number of pyridine rings is 1. The van der Waals surface area contributed by atoms with Crippen LogP contribution in [-0.4, -0.2) is 42.9 Å². The van der Waals surface area contributed by atoms with Crippen LogP contribution in [0.1, 0.15) is 54.2 Å². The maximum atomic E-state index is 14.5. The number of nitrogens with one attached hydrogen (secondary N) is 2. The van der Waals surface area contributed by atoms with Crippen molar-refractivity contribution in [2.45, 2.75) is 50.4 Å². The fourth-order valence-corrected chi connectivity index (χ4v) is 4.41. The molecule has 1 saturated carbocycles. The molecule has 224 valence electrons. The highest BCUT2D eigenvalue weighted by Crippen LogP contribution is 2.38. The summed E-state index contributed by atoms with van der Waals surface area (Å²) in [5.41, 5.74) is 4.22. The van der Waals surface area contributed by atoms with Crippen molar-refractivity contribution in [2.75, 3.05) is 13.7 Å². The summed E-state index contributed by atoms with van der Waals surface area (Å²) in [5.74, 6) is -3.01. The van der Waals surface area contributed by atoms with Gasteiger partial charge in [-0.25, -0.2) is 9.18 Å². The van der Waals surface area contributed by atoms with E-state index in [0.29, 0.717) is 5.75 Å². The van der Waals surface area contributed by atoms with Crippen molar-refractivity contribution >= 4 is 23.5 Å². The number of amides is 3. The van der Waals surface area contributed by atoms with E-state index in [1.165, 1.54) is 49.6 Å². The van der Waals surface area contributed by atoms with Crippen molar-refractivity contribution in [1.29, 1.82) is 0 Å². The van der Waals surface area contributed by atoms with E-state index in [2.05, 4.69) is 15.6 Å². The Bertz CT molecular complexity index is 1490. The first-order valence-corrected chi connectivity index (χ1v) is 13.3. The van der Waals surface area contributed by atoms with Crippen molar-refractivity contribution < 1.29 is 36.6 Å². The Labute approximate surface area is 244 Å². The van der Waals surface area contributed by atoms with Gasteiger partial charge in [0.25, 0.3) is 5.91 Å². The third-order valence-corrected chi connectivity index (χ3v) is 6.97. The summed E-state index contributed by atoms with van der Waals surface area (Å²) in [4.78, 5) is 28.8. The molecule has 0 bridgehead atoms. The maximum Gasteiger partial charge on any atom is 0.398 e. The Balaban J connectivity index is 1.68. The van der Waals surface area contributed by atoms with Gasteiger partial charge in [0.05, 0.1) is 35.2 Å². The molecule has 0 saturated heterocycles. The number of nitrogens with two attached hydrogens (primary N) is 1. The Morgan fingerprint density at radius 1 is 1.10 bits per heavy atom. The van der Waals surface area contributed by atoms with Crippen LogP contribution in [-0.2, 0) is 5.54 Å². The zero-order valence-corrected chi connectivity index (χ0v) is 23.7. The molecule has 1 fully saturated rings. The molecule has 1 heterocycles. The predicted molar refractivity (Wildman–Crippen MR) is 148 cm³/mol. The third kappa shape index (κ3) is 7.41. The van der Waals surface area contributed by atoms with Gasteiger partial charge in [0, 0.05) is 17.7 Å². The van der Waals surface area contributed by atoms with Crippen LogP contribution in [0.2, 0.25) is 5.02 Å². The molecule has 1 unspecified atom stereocenters. The van der Waals surface area contributed by atoms with E-state index >= 15 is 0 Å². The quantitative estimate of drug-likeness (QED) is 0.242. The monoisotopic (exact) mass is 608 g/mol. The lowest BCUT2D eigenvalue weighted by atomic mass is 9.90. The number of halogens is 5. The number of hydrogen-bond acceptors (Lipinski definition) is 5. The molecule has 1 atom stereocenters. The van der Waals surface area contributed by atoms with Gasteiger partial charge in [-0.3, -0.25) is 9.78 Å². The smallest absolute Gasteiger partial charge is 0.398 e. The molecule has 42 heavy (non-hydrogen) atoms. The fraction of sp³-hybridized carbons (Fsp3) is 0.345. The number of nitrogens with zero attached hydrogens (tertiary/aromatic N) is 1. The minimum Gasteiger partial charge on any atom is -0.493 e. The van der Waals surface area contributed by atoms with Crippen LogP contribution >= 0.6 is 11.6 Å². The lowest BCUT2D eigenvalue weighted by molar-refractivity contribution is -0.149. The predicted octanol–water partition coefficient (Wildman–Crippen LogP) is 6.07. The molecule has 1 aliphatic carbocycles. The molecule has 0 radical (unpaired) electrons. The third-order valence-electron chi connectivity index (χ3n) is 6.68. The number of hydrogen-bond donors (Lipinski definition) is 3. The Morgan fingerprint density at radius 2 is 1.81 bits per heavy atom. The number of rotatable bonds is 10. The second-order valence-corrected chi connectivity index (χ2v) is 10.8. The molecule has 8 nitrogen and oxygen atoms in total. The Kier molecular flexibility index (Phi) is 8.86. The molecule has 1 aliphatic rings. The zero-order valence-electron chi connectivity index (χ0n) is 22.9. The fourth-order valence-electron chi connectivity index (χ4n) is 4.23. The Hall–Kier alpha value is -4.06. The number of urea groups is 1.